The molecule has 5 aromatic carbocycles. The Morgan fingerprint density at radius 1 is 0.603 bits per heavy atom. The molecule has 3 aliphatic heterocycles. The molecule has 2 unspecified atom stereocenters. The quantitative estimate of drug-likeness (QED) is 0.164. The van der Waals surface area contributed by atoms with E-state index in [2.05, 4.69) is 207 Å². The third kappa shape index (κ3) is 5.63. The van der Waals surface area contributed by atoms with Crippen molar-refractivity contribution < 1.29 is 0 Å². The molecule has 63 heavy (non-hydrogen) atoms. The molecule has 5 heteroatoms. The molecule has 1 saturated carbocycles. The Hall–Kier alpha value is -4.74. The molecule has 4 heterocycles. The van der Waals surface area contributed by atoms with Gasteiger partial charge in [0.05, 0.1) is 16.9 Å². The highest BCUT2D eigenvalue weighted by atomic mass is 32.1. The summed E-state index contributed by atoms with van der Waals surface area (Å²) in [6.07, 6.45) is 7.35. The molecule has 11 rings (SSSR count). The van der Waals surface area contributed by atoms with E-state index in [1.165, 1.54) is 127 Å². The minimum Gasteiger partial charge on any atom is -0.334 e. The van der Waals surface area contributed by atoms with Gasteiger partial charge in [0.2, 0.25) is 0 Å². The highest BCUT2D eigenvalue weighted by molar-refractivity contribution is 7.29. The molecule has 0 saturated heterocycles. The van der Waals surface area contributed by atoms with Crippen molar-refractivity contribution in [2.24, 2.45) is 0 Å². The molecule has 1 fully saturated rings. The third-order valence-corrected chi connectivity index (χ3v) is 18.2. The molecular weight excluding hydrogens is 782 g/mol. The van der Waals surface area contributed by atoms with Crippen LogP contribution in [0.5, 0.6) is 0 Å². The zero-order chi connectivity index (χ0) is 44.3. The number of rotatable bonds is 3. The Labute approximate surface area is 382 Å². The average Bonchev–Trinajstić information content (AvgIpc) is 3.72. The summed E-state index contributed by atoms with van der Waals surface area (Å²) in [6.45, 7) is 31.6. The Balaban J connectivity index is 1.28. The number of thiophene rings is 1. The van der Waals surface area contributed by atoms with E-state index >= 15 is 0 Å². The van der Waals surface area contributed by atoms with E-state index in [-0.39, 0.29) is 33.9 Å². The van der Waals surface area contributed by atoms with E-state index in [1.807, 2.05) is 0 Å². The fourth-order valence-corrected chi connectivity index (χ4v) is 15.5. The zero-order valence-corrected chi connectivity index (χ0v) is 41.0. The maximum Gasteiger partial charge on any atom is 0.264 e. The van der Waals surface area contributed by atoms with Gasteiger partial charge in [0, 0.05) is 54.6 Å². The van der Waals surface area contributed by atoms with Crippen molar-refractivity contribution in [2.75, 3.05) is 14.7 Å². The summed E-state index contributed by atoms with van der Waals surface area (Å²) in [4.78, 5) is 9.82. The van der Waals surface area contributed by atoms with Crippen LogP contribution in [0.4, 0.5) is 45.5 Å². The van der Waals surface area contributed by atoms with Crippen molar-refractivity contribution in [1.29, 1.82) is 0 Å². The zero-order valence-electron chi connectivity index (χ0n) is 40.2. The molecule has 2 atom stereocenters. The van der Waals surface area contributed by atoms with Gasteiger partial charge in [0.25, 0.3) is 6.71 Å². The molecule has 322 valence electrons. The summed E-state index contributed by atoms with van der Waals surface area (Å²) >= 11 is 2.13. The van der Waals surface area contributed by atoms with Crippen LogP contribution in [-0.4, -0.2) is 12.3 Å². The normalized spacial score (nSPS) is 22.6. The smallest absolute Gasteiger partial charge is 0.264 e. The summed E-state index contributed by atoms with van der Waals surface area (Å²) in [6, 6.07) is 36.3. The molecular formula is C58H66BN3S. The number of para-hydroxylation sites is 1. The molecule has 3 nitrogen and oxygen atoms in total. The van der Waals surface area contributed by atoms with Crippen molar-refractivity contribution in [3.63, 3.8) is 0 Å². The summed E-state index contributed by atoms with van der Waals surface area (Å²) in [5.41, 5.74) is 23.4. The standard InChI is InChI=1S/C58H66BN3S/c1-35-28-37(3)50(38(4)29-35)61-45-32-42-44(62(41-20-16-14-17-21-41)58(13)27-19-15-18-26-57(42,58)12)33-43(45)59-49-46(30-36(2)31-47(49)61)60(40-24-22-39(23-25-40)54(5,6)7)51-48-52(63-53(51)59)56(10,11)34-55(48,8)9/h14,16-17,20-25,28-33H,15,18-19,26-27,34H2,1-13H3. The molecule has 2 aliphatic carbocycles. The van der Waals surface area contributed by atoms with E-state index in [0.717, 1.165) is 6.42 Å². The van der Waals surface area contributed by atoms with Gasteiger partial charge in [-0.15, -0.1) is 0 Å². The lowest BCUT2D eigenvalue weighted by Gasteiger charge is -2.46. The van der Waals surface area contributed by atoms with E-state index < -0.39 is 0 Å². The van der Waals surface area contributed by atoms with Gasteiger partial charge < -0.3 is 14.7 Å². The van der Waals surface area contributed by atoms with Crippen LogP contribution in [0, 0.1) is 27.7 Å². The summed E-state index contributed by atoms with van der Waals surface area (Å²) in [5, 5.41) is 0. The van der Waals surface area contributed by atoms with E-state index in [9.17, 15) is 0 Å². The van der Waals surface area contributed by atoms with Crippen LogP contribution in [-0.2, 0) is 21.7 Å². The number of nitrogens with zero attached hydrogens (tertiary/aromatic N) is 3. The highest BCUT2D eigenvalue weighted by Crippen LogP contribution is 2.62. The summed E-state index contributed by atoms with van der Waals surface area (Å²) < 4.78 is 1.51. The second kappa shape index (κ2) is 13.4. The minimum absolute atomic E-state index is 0.0172. The van der Waals surface area contributed by atoms with Crippen LogP contribution >= 0.6 is 11.3 Å². The number of anilines is 8. The molecule has 0 spiro atoms. The SMILES string of the molecule is Cc1cc(C)c(N2c3cc4c(cc3B3c5sc6c(c5N(c5ccc(C(C)(C)C)cc5)c5cc(C)cc2c53)C(C)(C)CC6(C)C)N(c2ccccc2)C2(C)CCCCCC42C)c(C)c1. The van der Waals surface area contributed by atoms with Crippen LogP contribution in [0.1, 0.15) is 145 Å². The lowest BCUT2D eigenvalue weighted by atomic mass is 9.36. The molecule has 0 amide bonds. The second-order valence-corrected chi connectivity index (χ2v) is 24.1. The van der Waals surface area contributed by atoms with Gasteiger partial charge in [-0.1, -0.05) is 123 Å². The Morgan fingerprint density at radius 3 is 1.90 bits per heavy atom. The first-order valence-electron chi connectivity index (χ1n) is 23.9. The van der Waals surface area contributed by atoms with Gasteiger partial charge in [-0.2, -0.15) is 11.3 Å². The van der Waals surface area contributed by atoms with Crippen molar-refractivity contribution >= 4 is 79.3 Å². The topological polar surface area (TPSA) is 9.72 Å². The predicted octanol–water partition coefficient (Wildman–Crippen LogP) is 14.5. The van der Waals surface area contributed by atoms with Crippen molar-refractivity contribution in [1.82, 2.24) is 0 Å². The van der Waals surface area contributed by atoms with Crippen molar-refractivity contribution in [2.45, 2.75) is 156 Å². The molecule has 6 aromatic rings. The minimum atomic E-state index is -0.0574. The highest BCUT2D eigenvalue weighted by Gasteiger charge is 2.59. The van der Waals surface area contributed by atoms with Gasteiger partial charge in [0.1, 0.15) is 0 Å². The molecule has 0 bridgehead atoms. The predicted molar refractivity (Wildman–Crippen MR) is 274 cm³/mol. The van der Waals surface area contributed by atoms with Gasteiger partial charge in [0.15, 0.2) is 0 Å². The molecule has 1 aromatic heterocycles. The molecule has 0 N–H and O–H groups in total. The number of fused-ring (bicyclic) bond motifs is 9. The van der Waals surface area contributed by atoms with E-state index in [4.69, 9.17) is 0 Å². The summed E-state index contributed by atoms with van der Waals surface area (Å²) in [5.74, 6) is 0. The van der Waals surface area contributed by atoms with Crippen LogP contribution in [0.2, 0.25) is 0 Å². The lowest BCUT2D eigenvalue weighted by Crippen LogP contribution is -2.61. The van der Waals surface area contributed by atoms with Crippen molar-refractivity contribution in [3.8, 4) is 0 Å². The van der Waals surface area contributed by atoms with Gasteiger partial charge in [-0.05, 0) is 158 Å². The maximum absolute atomic E-state index is 2.81. The maximum atomic E-state index is 2.81. The third-order valence-electron chi connectivity index (χ3n) is 16.5. The van der Waals surface area contributed by atoms with Gasteiger partial charge in [-0.3, -0.25) is 0 Å². The van der Waals surface area contributed by atoms with E-state index in [0.29, 0.717) is 0 Å². The molecule has 5 aliphatic rings. The lowest BCUT2D eigenvalue weighted by molar-refractivity contribution is 0.261. The van der Waals surface area contributed by atoms with Crippen LogP contribution in [0.15, 0.2) is 91.0 Å². The number of hydrogen-bond acceptors (Lipinski definition) is 4. The number of aryl methyl sites for hydroxylation is 4. The largest absolute Gasteiger partial charge is 0.334 e. The monoisotopic (exact) mass is 848 g/mol. The van der Waals surface area contributed by atoms with Crippen molar-refractivity contribution in [3.05, 3.63) is 135 Å². The first-order chi connectivity index (χ1) is 29.7. The number of hydrogen-bond donors (Lipinski definition) is 0. The Kier molecular flexibility index (Phi) is 8.73. The second-order valence-electron chi connectivity index (χ2n) is 23.1. The molecule has 0 radical (unpaired) electrons. The summed E-state index contributed by atoms with van der Waals surface area (Å²) in [7, 11) is 0. The van der Waals surface area contributed by atoms with Crippen LogP contribution in [0.3, 0.4) is 0 Å². The number of benzene rings is 5. The fourth-order valence-electron chi connectivity index (χ4n) is 13.8. The van der Waals surface area contributed by atoms with Gasteiger partial charge >= 0.3 is 0 Å². The first-order valence-corrected chi connectivity index (χ1v) is 24.7. The van der Waals surface area contributed by atoms with Crippen LogP contribution in [0.25, 0.3) is 0 Å². The average molecular weight is 848 g/mol. The van der Waals surface area contributed by atoms with Gasteiger partial charge in [-0.25, -0.2) is 0 Å². The Morgan fingerprint density at radius 2 is 1.24 bits per heavy atom. The first kappa shape index (κ1) is 41.0. The fraction of sp³-hybridized carbons (Fsp3) is 0.414. The Bertz CT molecular complexity index is 2850. The van der Waals surface area contributed by atoms with Crippen LogP contribution < -0.4 is 30.4 Å². The van der Waals surface area contributed by atoms with E-state index in [1.54, 1.807) is 10.4 Å².